The van der Waals surface area contributed by atoms with E-state index in [-0.39, 0.29) is 17.4 Å². The van der Waals surface area contributed by atoms with Gasteiger partial charge in [-0.1, -0.05) is 6.58 Å². The molecule has 1 fully saturated rings. The molecule has 0 bridgehead atoms. The molecule has 1 aromatic carbocycles. The van der Waals surface area contributed by atoms with Crippen LogP contribution in [0.25, 0.3) is 11.5 Å². The molecule has 0 spiro atoms. The van der Waals surface area contributed by atoms with Gasteiger partial charge in [-0.3, -0.25) is 4.68 Å². The molecule has 36 heavy (non-hydrogen) atoms. The number of halogens is 2. The Bertz CT molecular complexity index is 1360. The number of rotatable bonds is 5. The van der Waals surface area contributed by atoms with Crippen molar-refractivity contribution in [2.24, 2.45) is 12.1 Å². The molecule has 0 saturated carbocycles. The number of nitrogens with zero attached hydrogens (tertiary/aromatic N) is 9. The molecular formula is C25H25F2N9. The number of piperazine rings is 1. The predicted molar refractivity (Wildman–Crippen MR) is 131 cm³/mol. The van der Waals surface area contributed by atoms with Crippen LogP contribution in [0.2, 0.25) is 0 Å². The predicted octanol–water partition coefficient (Wildman–Crippen LogP) is 3.36. The molecule has 1 saturated heterocycles. The lowest BCUT2D eigenvalue weighted by atomic mass is 10.0. The maximum Gasteiger partial charge on any atom is 0.183 e. The fraction of sp³-hybridized carbons (Fsp3) is 0.320. The van der Waals surface area contributed by atoms with Gasteiger partial charge < -0.3 is 9.80 Å². The Balaban J connectivity index is 1.30. The average Bonchev–Trinajstić information content (AvgIpc) is 3.50. The molecule has 184 valence electrons. The number of hydrogen-bond donors (Lipinski definition) is 0. The van der Waals surface area contributed by atoms with Gasteiger partial charge in [-0.05, 0) is 36.2 Å². The number of benzene rings is 1. The van der Waals surface area contributed by atoms with Gasteiger partial charge in [-0.25, -0.2) is 23.8 Å². The van der Waals surface area contributed by atoms with Crippen LogP contribution in [0, 0.1) is 29.9 Å². The van der Waals surface area contributed by atoms with Crippen LogP contribution in [0.5, 0.6) is 0 Å². The topological polar surface area (TPSA) is 89.5 Å². The molecule has 0 amide bonds. The van der Waals surface area contributed by atoms with E-state index >= 15 is 0 Å². The number of aromatic nitrogens is 4. The number of nitriles is 1. The van der Waals surface area contributed by atoms with E-state index in [1.54, 1.807) is 35.2 Å². The van der Waals surface area contributed by atoms with Crippen LogP contribution in [-0.4, -0.2) is 62.1 Å². The molecule has 4 heterocycles. The molecule has 11 heteroatoms. The summed E-state index contributed by atoms with van der Waals surface area (Å²) in [7, 11) is 1.80. The Morgan fingerprint density at radius 2 is 1.92 bits per heavy atom. The zero-order valence-electron chi connectivity index (χ0n) is 20.1. The van der Waals surface area contributed by atoms with Crippen molar-refractivity contribution >= 4 is 12.0 Å². The van der Waals surface area contributed by atoms with Gasteiger partial charge in [-0.2, -0.15) is 15.5 Å². The standard InChI is InChI=1S/C25H25F2N9/c1-16-14-31-33(3)23(16)24-29-15-21(27)25(32-24)35-8-6-34(7-9-35)17(2)36-22(4-5-30-36)19-10-18(13-28)11-20(26)12-19/h5,10-12,14-15,22H,2,4,6-9H2,1,3H3. The van der Waals surface area contributed by atoms with Crippen molar-refractivity contribution in [3.63, 3.8) is 0 Å². The monoisotopic (exact) mass is 489 g/mol. The molecule has 2 aliphatic rings. The Morgan fingerprint density at radius 1 is 1.14 bits per heavy atom. The van der Waals surface area contributed by atoms with E-state index in [9.17, 15) is 14.0 Å². The molecule has 9 nitrogen and oxygen atoms in total. The maximum absolute atomic E-state index is 14.7. The van der Waals surface area contributed by atoms with Crippen LogP contribution < -0.4 is 4.90 Å². The van der Waals surface area contributed by atoms with Crippen molar-refractivity contribution in [3.05, 3.63) is 71.3 Å². The van der Waals surface area contributed by atoms with Crippen LogP contribution in [0.15, 0.2) is 48.1 Å². The lowest BCUT2D eigenvalue weighted by Crippen LogP contribution is -2.48. The first-order valence-electron chi connectivity index (χ1n) is 11.6. The Morgan fingerprint density at radius 3 is 2.61 bits per heavy atom. The first kappa shape index (κ1) is 23.4. The molecule has 0 aliphatic carbocycles. The number of aryl methyl sites for hydroxylation is 2. The van der Waals surface area contributed by atoms with Crippen molar-refractivity contribution in [3.8, 4) is 17.6 Å². The van der Waals surface area contributed by atoms with E-state index in [2.05, 4.69) is 31.6 Å². The second kappa shape index (κ2) is 9.37. The van der Waals surface area contributed by atoms with Crippen LogP contribution >= 0.6 is 0 Å². The molecule has 0 N–H and O–H groups in total. The Labute approximate surface area is 207 Å². The summed E-state index contributed by atoms with van der Waals surface area (Å²) in [4.78, 5) is 12.7. The quantitative estimate of drug-likeness (QED) is 0.543. The van der Waals surface area contributed by atoms with Gasteiger partial charge in [0.2, 0.25) is 0 Å². The second-order valence-corrected chi connectivity index (χ2v) is 8.83. The zero-order valence-corrected chi connectivity index (χ0v) is 20.1. The minimum atomic E-state index is -0.477. The third-order valence-corrected chi connectivity index (χ3v) is 6.53. The van der Waals surface area contributed by atoms with Gasteiger partial charge in [0.25, 0.3) is 0 Å². The summed E-state index contributed by atoms with van der Waals surface area (Å²) in [5.74, 6) is 0.422. The lowest BCUT2D eigenvalue weighted by molar-refractivity contribution is 0.179. The van der Waals surface area contributed by atoms with Gasteiger partial charge in [0, 0.05) is 45.9 Å². The van der Waals surface area contributed by atoms with E-state index in [1.807, 2.05) is 17.9 Å². The summed E-state index contributed by atoms with van der Waals surface area (Å²) < 4.78 is 30.5. The molecule has 1 unspecified atom stereocenters. The Hall–Kier alpha value is -4.33. The van der Waals surface area contributed by atoms with E-state index in [0.29, 0.717) is 49.8 Å². The molecular weight excluding hydrogens is 464 g/mol. The third kappa shape index (κ3) is 4.26. The first-order chi connectivity index (χ1) is 17.4. The summed E-state index contributed by atoms with van der Waals surface area (Å²) in [5.41, 5.74) is 2.60. The van der Waals surface area contributed by atoms with Gasteiger partial charge in [0.05, 0.1) is 30.1 Å². The van der Waals surface area contributed by atoms with Crippen LogP contribution in [0.1, 0.15) is 29.2 Å². The molecule has 0 radical (unpaired) electrons. The summed E-state index contributed by atoms with van der Waals surface area (Å²) in [6.45, 7) is 8.35. The number of hydrazone groups is 1. The summed E-state index contributed by atoms with van der Waals surface area (Å²) >= 11 is 0. The van der Waals surface area contributed by atoms with Gasteiger partial charge >= 0.3 is 0 Å². The van der Waals surface area contributed by atoms with E-state index < -0.39 is 11.6 Å². The van der Waals surface area contributed by atoms with Crippen molar-refractivity contribution < 1.29 is 8.78 Å². The van der Waals surface area contributed by atoms with Gasteiger partial charge in [0.15, 0.2) is 17.5 Å². The van der Waals surface area contributed by atoms with Crippen LogP contribution in [0.3, 0.4) is 0 Å². The zero-order chi connectivity index (χ0) is 25.4. The smallest absolute Gasteiger partial charge is 0.183 e. The first-order valence-corrected chi connectivity index (χ1v) is 11.6. The van der Waals surface area contributed by atoms with Crippen molar-refractivity contribution in [1.29, 1.82) is 5.26 Å². The lowest BCUT2D eigenvalue weighted by Gasteiger charge is -2.40. The number of anilines is 1. The normalized spacial score (nSPS) is 17.5. The van der Waals surface area contributed by atoms with E-state index in [1.165, 1.54) is 18.3 Å². The second-order valence-electron chi connectivity index (χ2n) is 8.83. The van der Waals surface area contributed by atoms with E-state index in [4.69, 9.17) is 0 Å². The number of hydrogen-bond acceptors (Lipinski definition) is 8. The largest absolute Gasteiger partial charge is 0.354 e. The Kier molecular flexibility index (Phi) is 6.10. The molecule has 1 atom stereocenters. The molecule has 5 rings (SSSR count). The average molecular weight is 490 g/mol. The van der Waals surface area contributed by atoms with Gasteiger partial charge in [-0.15, -0.1) is 0 Å². The SMILES string of the molecule is C=C(N1CCN(c2nc(-c3c(C)cnn3C)ncc2F)CC1)N1N=CCC1c1cc(F)cc(C#N)c1. The third-order valence-electron chi connectivity index (χ3n) is 6.53. The molecule has 2 aromatic heterocycles. The fourth-order valence-corrected chi connectivity index (χ4v) is 4.69. The van der Waals surface area contributed by atoms with Crippen LogP contribution in [0.4, 0.5) is 14.6 Å². The molecule has 3 aromatic rings. The highest BCUT2D eigenvalue weighted by Gasteiger charge is 2.30. The van der Waals surface area contributed by atoms with Crippen molar-refractivity contribution in [1.82, 2.24) is 29.7 Å². The minimum absolute atomic E-state index is 0.248. The highest BCUT2D eigenvalue weighted by atomic mass is 19.1. The summed E-state index contributed by atoms with van der Waals surface area (Å²) in [6.07, 6.45) is 5.27. The van der Waals surface area contributed by atoms with E-state index in [0.717, 1.165) is 11.3 Å². The maximum atomic E-state index is 14.7. The highest BCUT2D eigenvalue weighted by Crippen LogP contribution is 2.34. The highest BCUT2D eigenvalue weighted by molar-refractivity contribution is 5.61. The van der Waals surface area contributed by atoms with Crippen LogP contribution in [-0.2, 0) is 7.05 Å². The van der Waals surface area contributed by atoms with Crippen molar-refractivity contribution in [2.75, 3.05) is 31.1 Å². The fourth-order valence-electron chi connectivity index (χ4n) is 4.69. The van der Waals surface area contributed by atoms with Crippen molar-refractivity contribution in [2.45, 2.75) is 19.4 Å². The summed E-state index contributed by atoms with van der Waals surface area (Å²) in [6, 6.07) is 6.07. The molecule has 2 aliphatic heterocycles. The summed E-state index contributed by atoms with van der Waals surface area (Å²) in [5, 5.41) is 19.7. The van der Waals surface area contributed by atoms with Gasteiger partial charge in [0.1, 0.15) is 17.3 Å². The minimum Gasteiger partial charge on any atom is -0.354 e.